The molecule has 166 valence electrons. The zero-order valence-electron chi connectivity index (χ0n) is 17.9. The minimum absolute atomic E-state index is 0.0208. The normalized spacial score (nSPS) is 13.7. The van der Waals surface area contributed by atoms with Gasteiger partial charge in [-0.3, -0.25) is 14.3 Å². The number of nitrogens with one attached hydrogen (secondary N) is 1. The highest BCUT2D eigenvalue weighted by Crippen LogP contribution is 2.21. The fourth-order valence-electron chi connectivity index (χ4n) is 3.67. The maximum absolute atomic E-state index is 12.9. The Labute approximate surface area is 191 Å². The molecule has 0 unspecified atom stereocenters. The maximum atomic E-state index is 12.9. The van der Waals surface area contributed by atoms with E-state index in [1.54, 1.807) is 37.5 Å². The van der Waals surface area contributed by atoms with Crippen LogP contribution in [-0.2, 0) is 7.05 Å². The molecule has 1 aromatic heterocycles. The summed E-state index contributed by atoms with van der Waals surface area (Å²) in [6.07, 6.45) is 1.59. The van der Waals surface area contributed by atoms with Crippen LogP contribution in [0.5, 0.6) is 5.88 Å². The van der Waals surface area contributed by atoms with Gasteiger partial charge < -0.3 is 19.9 Å². The molecule has 1 N–H and O–H groups in total. The van der Waals surface area contributed by atoms with Crippen LogP contribution in [0.15, 0.2) is 54.7 Å². The van der Waals surface area contributed by atoms with Gasteiger partial charge in [-0.25, -0.2) is 0 Å². The Kier molecular flexibility index (Phi) is 6.32. The third-order valence-corrected chi connectivity index (χ3v) is 5.63. The predicted octanol–water partition coefficient (Wildman–Crippen LogP) is 3.30. The molecule has 0 radical (unpaired) electrons. The van der Waals surface area contributed by atoms with Gasteiger partial charge in [-0.05, 0) is 48.5 Å². The van der Waals surface area contributed by atoms with Crippen LogP contribution in [0.3, 0.4) is 0 Å². The predicted molar refractivity (Wildman–Crippen MR) is 124 cm³/mol. The monoisotopic (exact) mass is 453 g/mol. The number of nitrogens with zero attached hydrogens (tertiary/aromatic N) is 4. The van der Waals surface area contributed by atoms with Crippen molar-refractivity contribution in [3.05, 3.63) is 70.9 Å². The molecule has 3 aromatic rings. The molecule has 4 rings (SSSR count). The summed E-state index contributed by atoms with van der Waals surface area (Å²) < 4.78 is 6.65. The second kappa shape index (κ2) is 9.32. The number of rotatable bonds is 5. The Morgan fingerprint density at radius 2 is 1.66 bits per heavy atom. The van der Waals surface area contributed by atoms with Crippen molar-refractivity contribution in [2.45, 2.75) is 0 Å². The van der Waals surface area contributed by atoms with E-state index in [4.69, 9.17) is 16.3 Å². The average molecular weight is 454 g/mol. The topological polar surface area (TPSA) is 79.7 Å². The fraction of sp³-hybridized carbons (Fsp3) is 0.261. The summed E-state index contributed by atoms with van der Waals surface area (Å²) >= 11 is 5.96. The highest BCUT2D eigenvalue weighted by atomic mass is 35.5. The van der Waals surface area contributed by atoms with Crippen molar-refractivity contribution < 1.29 is 14.3 Å². The molecule has 0 saturated carbocycles. The Balaban J connectivity index is 1.35. The van der Waals surface area contributed by atoms with E-state index < -0.39 is 0 Å². The van der Waals surface area contributed by atoms with Gasteiger partial charge in [-0.15, -0.1) is 5.10 Å². The van der Waals surface area contributed by atoms with Gasteiger partial charge in [0.05, 0.1) is 7.11 Å². The number of piperazine rings is 1. The Morgan fingerprint density at radius 3 is 2.28 bits per heavy atom. The van der Waals surface area contributed by atoms with Crippen LogP contribution in [0, 0.1) is 0 Å². The van der Waals surface area contributed by atoms with Gasteiger partial charge in [-0.1, -0.05) is 11.6 Å². The van der Waals surface area contributed by atoms with Crippen molar-refractivity contribution in [3.63, 3.8) is 0 Å². The molecule has 0 aliphatic carbocycles. The van der Waals surface area contributed by atoms with Crippen molar-refractivity contribution in [2.24, 2.45) is 7.05 Å². The Bertz CT molecular complexity index is 1100. The number of ether oxygens (including phenoxy) is 1. The van der Waals surface area contributed by atoms with Gasteiger partial charge in [0.15, 0.2) is 0 Å². The van der Waals surface area contributed by atoms with Crippen LogP contribution in [0.2, 0.25) is 5.02 Å². The number of hydrogen-bond donors (Lipinski definition) is 1. The zero-order chi connectivity index (χ0) is 22.7. The summed E-state index contributed by atoms with van der Waals surface area (Å²) in [5.41, 5.74) is 2.62. The minimum Gasteiger partial charge on any atom is -0.479 e. The first-order chi connectivity index (χ1) is 15.4. The van der Waals surface area contributed by atoms with Crippen LogP contribution in [-0.4, -0.2) is 59.8 Å². The molecule has 2 heterocycles. The molecule has 0 bridgehead atoms. The van der Waals surface area contributed by atoms with Crippen molar-refractivity contribution in [1.29, 1.82) is 0 Å². The van der Waals surface area contributed by atoms with Gasteiger partial charge in [-0.2, -0.15) is 0 Å². The number of amides is 2. The molecule has 2 amide bonds. The first kappa shape index (κ1) is 21.7. The van der Waals surface area contributed by atoms with E-state index in [0.29, 0.717) is 34.9 Å². The van der Waals surface area contributed by atoms with Crippen LogP contribution in [0.25, 0.3) is 0 Å². The molecule has 1 aliphatic heterocycles. The Morgan fingerprint density at radius 1 is 1.00 bits per heavy atom. The number of methoxy groups -OCH3 is 1. The number of benzene rings is 2. The molecule has 0 spiro atoms. The van der Waals surface area contributed by atoms with Crippen LogP contribution < -0.4 is 15.0 Å². The molecular formula is C23H24ClN5O3. The Hall–Kier alpha value is -3.52. The van der Waals surface area contributed by atoms with E-state index >= 15 is 0 Å². The summed E-state index contributed by atoms with van der Waals surface area (Å²) in [5, 5.41) is 7.60. The van der Waals surface area contributed by atoms with Crippen LogP contribution in [0.1, 0.15) is 20.7 Å². The molecular weight excluding hydrogens is 430 g/mol. The summed E-state index contributed by atoms with van der Waals surface area (Å²) in [5.74, 6) is -0.0885. The van der Waals surface area contributed by atoms with Gasteiger partial charge in [0.25, 0.3) is 11.8 Å². The van der Waals surface area contributed by atoms with Crippen molar-refractivity contribution in [2.75, 3.05) is 43.5 Å². The molecule has 1 saturated heterocycles. The lowest BCUT2D eigenvalue weighted by molar-refractivity contribution is 0.0746. The van der Waals surface area contributed by atoms with Gasteiger partial charge in [0.1, 0.15) is 5.56 Å². The number of hydrogen-bond acceptors (Lipinski definition) is 5. The highest BCUT2D eigenvalue weighted by Gasteiger charge is 2.22. The lowest BCUT2D eigenvalue weighted by atomic mass is 10.1. The number of aryl methyl sites for hydroxylation is 1. The lowest BCUT2D eigenvalue weighted by Crippen LogP contribution is -2.48. The molecule has 1 aliphatic rings. The van der Waals surface area contributed by atoms with E-state index in [9.17, 15) is 9.59 Å². The highest BCUT2D eigenvalue weighted by molar-refractivity contribution is 6.30. The van der Waals surface area contributed by atoms with Gasteiger partial charge >= 0.3 is 0 Å². The fourth-order valence-corrected chi connectivity index (χ4v) is 3.80. The van der Waals surface area contributed by atoms with Crippen LogP contribution >= 0.6 is 11.6 Å². The SMILES string of the molecule is COc1nn(C)cc1C(=O)Nc1ccc(C(=O)N2CCN(c3ccc(Cl)cc3)CC2)cc1. The first-order valence-electron chi connectivity index (χ1n) is 10.2. The van der Waals surface area contributed by atoms with E-state index in [-0.39, 0.29) is 17.7 Å². The van der Waals surface area contributed by atoms with E-state index in [1.807, 2.05) is 29.2 Å². The van der Waals surface area contributed by atoms with E-state index in [2.05, 4.69) is 15.3 Å². The smallest absolute Gasteiger partial charge is 0.262 e. The second-order valence-electron chi connectivity index (χ2n) is 7.51. The quantitative estimate of drug-likeness (QED) is 0.641. The lowest BCUT2D eigenvalue weighted by Gasteiger charge is -2.36. The van der Waals surface area contributed by atoms with Gasteiger partial charge in [0, 0.05) is 61.4 Å². The summed E-state index contributed by atoms with van der Waals surface area (Å²) in [4.78, 5) is 29.5. The standard InChI is InChI=1S/C23H24ClN5O3/c1-27-15-20(22(26-27)32-2)21(30)25-18-7-3-16(4-8-18)23(31)29-13-11-28(12-14-29)19-9-5-17(24)6-10-19/h3-10,15H,11-14H2,1-2H3,(H,25,30). The summed E-state index contributed by atoms with van der Waals surface area (Å²) in [6, 6.07) is 14.6. The van der Waals surface area contributed by atoms with Crippen molar-refractivity contribution >= 4 is 34.8 Å². The molecule has 0 atom stereocenters. The molecule has 32 heavy (non-hydrogen) atoms. The maximum Gasteiger partial charge on any atom is 0.262 e. The third-order valence-electron chi connectivity index (χ3n) is 5.38. The van der Waals surface area contributed by atoms with Gasteiger partial charge in [0.2, 0.25) is 5.88 Å². The van der Waals surface area contributed by atoms with Crippen LogP contribution in [0.4, 0.5) is 11.4 Å². The first-order valence-corrected chi connectivity index (χ1v) is 10.6. The second-order valence-corrected chi connectivity index (χ2v) is 7.95. The zero-order valence-corrected chi connectivity index (χ0v) is 18.7. The minimum atomic E-state index is -0.327. The summed E-state index contributed by atoms with van der Waals surface area (Å²) in [6.45, 7) is 2.80. The number of carbonyl (C=O) groups is 2. The number of halogens is 1. The van der Waals surface area contributed by atoms with E-state index in [1.165, 1.54) is 11.8 Å². The number of anilines is 2. The van der Waals surface area contributed by atoms with Crippen molar-refractivity contribution in [1.82, 2.24) is 14.7 Å². The summed E-state index contributed by atoms with van der Waals surface area (Å²) in [7, 11) is 3.18. The molecule has 8 nitrogen and oxygen atoms in total. The molecule has 1 fully saturated rings. The number of aromatic nitrogens is 2. The molecule has 9 heteroatoms. The number of carbonyl (C=O) groups excluding carboxylic acids is 2. The molecule has 2 aromatic carbocycles. The van der Waals surface area contributed by atoms with Crippen molar-refractivity contribution in [3.8, 4) is 5.88 Å². The average Bonchev–Trinajstić information content (AvgIpc) is 3.21. The third kappa shape index (κ3) is 4.70. The van der Waals surface area contributed by atoms with E-state index in [0.717, 1.165) is 18.8 Å². The largest absolute Gasteiger partial charge is 0.479 e.